The molecule has 1 unspecified atom stereocenters. The molecular weight excluding hydrogens is 502 g/mol. The molecule has 11 heteroatoms. The molecule has 1 aliphatic heterocycles. The first-order valence-electron chi connectivity index (χ1n) is 11.0. The third-order valence-electron chi connectivity index (χ3n) is 5.60. The summed E-state index contributed by atoms with van der Waals surface area (Å²) < 4.78 is 13.0. The smallest absolute Gasteiger partial charge is 0.338 e. The van der Waals surface area contributed by atoms with Crippen molar-refractivity contribution in [3.05, 3.63) is 106 Å². The van der Waals surface area contributed by atoms with Crippen molar-refractivity contribution in [2.24, 2.45) is 4.99 Å². The molecule has 0 aliphatic carbocycles. The lowest BCUT2D eigenvalue weighted by Gasteiger charge is -2.23. The molecule has 0 N–H and O–H groups in total. The molecule has 0 bridgehead atoms. The summed E-state index contributed by atoms with van der Waals surface area (Å²) in [7, 11) is 0. The van der Waals surface area contributed by atoms with E-state index in [1.807, 2.05) is 17.5 Å². The van der Waals surface area contributed by atoms with E-state index < -0.39 is 16.9 Å². The van der Waals surface area contributed by atoms with Gasteiger partial charge in [0.1, 0.15) is 17.6 Å². The van der Waals surface area contributed by atoms with Gasteiger partial charge in [0, 0.05) is 17.0 Å². The lowest BCUT2D eigenvalue weighted by atomic mass is 10.0. The molecule has 0 spiro atoms. The fourth-order valence-electron chi connectivity index (χ4n) is 4.05. The van der Waals surface area contributed by atoms with Gasteiger partial charge in [-0.3, -0.25) is 19.5 Å². The number of rotatable bonds is 6. The van der Waals surface area contributed by atoms with Crippen molar-refractivity contribution < 1.29 is 18.9 Å². The number of thiazole rings is 1. The summed E-state index contributed by atoms with van der Waals surface area (Å²) in [4.78, 5) is 43.1. The maximum Gasteiger partial charge on any atom is 0.338 e. The molecule has 4 heterocycles. The summed E-state index contributed by atoms with van der Waals surface area (Å²) in [6.07, 6.45) is 1.58. The Bertz CT molecular complexity index is 1690. The quantitative estimate of drug-likeness (QED) is 0.215. The lowest BCUT2D eigenvalue weighted by molar-refractivity contribution is -0.384. The predicted molar refractivity (Wildman–Crippen MR) is 136 cm³/mol. The van der Waals surface area contributed by atoms with Crippen LogP contribution in [0.3, 0.4) is 0 Å². The van der Waals surface area contributed by atoms with Gasteiger partial charge < -0.3 is 9.15 Å². The molecule has 1 atom stereocenters. The molecule has 3 aromatic heterocycles. The van der Waals surface area contributed by atoms with E-state index in [2.05, 4.69) is 4.99 Å². The Kier molecular flexibility index (Phi) is 6.25. The average Bonchev–Trinajstić information content (AvgIpc) is 3.60. The number of nitro groups is 1. The van der Waals surface area contributed by atoms with Gasteiger partial charge in [0.05, 0.1) is 32.9 Å². The Morgan fingerprint density at radius 3 is 2.78 bits per heavy atom. The van der Waals surface area contributed by atoms with Crippen molar-refractivity contribution in [2.75, 3.05) is 6.61 Å². The number of aromatic nitrogens is 1. The highest BCUT2D eigenvalue weighted by atomic mass is 32.1. The highest BCUT2D eigenvalue weighted by Gasteiger charge is 2.33. The highest BCUT2D eigenvalue weighted by Crippen LogP contribution is 2.33. The number of furan rings is 1. The minimum Gasteiger partial charge on any atom is -0.463 e. The van der Waals surface area contributed by atoms with E-state index >= 15 is 0 Å². The van der Waals surface area contributed by atoms with Crippen LogP contribution in [0.4, 0.5) is 5.69 Å². The predicted octanol–water partition coefficient (Wildman–Crippen LogP) is 4.03. The zero-order valence-electron chi connectivity index (χ0n) is 19.2. The summed E-state index contributed by atoms with van der Waals surface area (Å²) in [5.74, 6) is 0.173. The van der Waals surface area contributed by atoms with Crippen LogP contribution in [0.15, 0.2) is 79.4 Å². The van der Waals surface area contributed by atoms with Gasteiger partial charge in [0.2, 0.25) is 0 Å². The number of nitro benzene ring substituents is 1. The molecule has 0 saturated carbocycles. The summed E-state index contributed by atoms with van der Waals surface area (Å²) in [5.41, 5.74) is 0.771. The molecular formula is C25H19N3O6S2. The SMILES string of the molecule is CCOC(=O)C1=C(C)N=c2s/c(=C/c3ccc(-c4ccccc4[N+](=O)[O-])o3)c(=O)n2C1c1cccs1. The number of fused-ring (bicyclic) bond motifs is 1. The van der Waals surface area contributed by atoms with E-state index in [0.717, 1.165) is 4.88 Å². The monoisotopic (exact) mass is 521 g/mol. The molecule has 0 amide bonds. The second-order valence-electron chi connectivity index (χ2n) is 7.79. The lowest BCUT2D eigenvalue weighted by Crippen LogP contribution is -2.39. The van der Waals surface area contributed by atoms with Gasteiger partial charge in [-0.25, -0.2) is 9.79 Å². The van der Waals surface area contributed by atoms with Crippen molar-refractivity contribution in [3.8, 4) is 11.3 Å². The molecule has 182 valence electrons. The second-order valence-corrected chi connectivity index (χ2v) is 9.78. The van der Waals surface area contributed by atoms with Crippen molar-refractivity contribution in [3.63, 3.8) is 0 Å². The molecule has 0 radical (unpaired) electrons. The van der Waals surface area contributed by atoms with Crippen molar-refractivity contribution in [1.29, 1.82) is 0 Å². The maximum absolute atomic E-state index is 13.6. The van der Waals surface area contributed by atoms with Crippen LogP contribution in [0.2, 0.25) is 0 Å². The Morgan fingerprint density at radius 1 is 1.25 bits per heavy atom. The number of benzene rings is 1. The molecule has 0 fully saturated rings. The fraction of sp³-hybridized carbons (Fsp3) is 0.160. The summed E-state index contributed by atoms with van der Waals surface area (Å²) in [6, 6.07) is 12.6. The minimum absolute atomic E-state index is 0.0734. The number of allylic oxidation sites excluding steroid dienone is 1. The largest absolute Gasteiger partial charge is 0.463 e. The molecule has 1 aromatic carbocycles. The van der Waals surface area contributed by atoms with E-state index in [4.69, 9.17) is 9.15 Å². The van der Waals surface area contributed by atoms with Gasteiger partial charge >= 0.3 is 5.97 Å². The minimum atomic E-state index is -0.651. The van der Waals surface area contributed by atoms with E-state index in [9.17, 15) is 19.7 Å². The fourth-order valence-corrected chi connectivity index (χ4v) is 5.90. The Balaban J connectivity index is 1.62. The number of para-hydroxylation sites is 1. The molecule has 4 aromatic rings. The van der Waals surface area contributed by atoms with Crippen LogP contribution in [-0.2, 0) is 9.53 Å². The van der Waals surface area contributed by atoms with Crippen LogP contribution >= 0.6 is 22.7 Å². The van der Waals surface area contributed by atoms with Gasteiger partial charge in [-0.1, -0.05) is 29.5 Å². The number of ether oxygens (including phenoxy) is 1. The number of nitrogens with zero attached hydrogens (tertiary/aromatic N) is 3. The van der Waals surface area contributed by atoms with Gasteiger partial charge in [-0.05, 0) is 43.5 Å². The van der Waals surface area contributed by atoms with Gasteiger partial charge in [0.15, 0.2) is 4.80 Å². The van der Waals surface area contributed by atoms with Gasteiger partial charge in [-0.15, -0.1) is 11.3 Å². The zero-order valence-corrected chi connectivity index (χ0v) is 20.8. The standard InChI is InChI=1S/C25H19N3O6S2/c1-3-33-24(30)21-14(2)26-25-27(22(21)19-9-6-12-35-19)23(29)20(36-25)13-15-10-11-18(34-15)16-7-4-5-8-17(16)28(31)32/h4-13,22H,3H2,1-2H3/b20-13+. The number of carbonyl (C=O) groups is 1. The average molecular weight is 522 g/mol. The molecule has 9 nitrogen and oxygen atoms in total. The first-order chi connectivity index (χ1) is 17.4. The number of carbonyl (C=O) groups excluding carboxylic acids is 1. The van der Waals surface area contributed by atoms with Crippen molar-refractivity contribution >= 4 is 40.4 Å². The van der Waals surface area contributed by atoms with E-state index in [1.54, 1.807) is 50.3 Å². The number of esters is 1. The normalized spacial score (nSPS) is 15.5. The Labute approximate surface area is 212 Å². The third kappa shape index (κ3) is 4.12. The van der Waals surface area contributed by atoms with Crippen LogP contribution in [0.5, 0.6) is 0 Å². The van der Waals surface area contributed by atoms with Crippen molar-refractivity contribution in [1.82, 2.24) is 4.57 Å². The van der Waals surface area contributed by atoms with E-state index in [1.165, 1.54) is 33.3 Å². The first kappa shape index (κ1) is 23.6. The number of thiophene rings is 1. The second kappa shape index (κ2) is 9.51. The topological polar surface area (TPSA) is 117 Å². The molecule has 0 saturated heterocycles. The molecule has 36 heavy (non-hydrogen) atoms. The van der Waals surface area contributed by atoms with Crippen LogP contribution in [0.25, 0.3) is 17.4 Å². The number of hydrogen-bond acceptors (Lipinski definition) is 9. The molecule has 5 rings (SSSR count). The molecule has 1 aliphatic rings. The summed E-state index contributed by atoms with van der Waals surface area (Å²) in [5, 5.41) is 13.3. The Morgan fingerprint density at radius 2 is 2.06 bits per heavy atom. The van der Waals surface area contributed by atoms with Crippen LogP contribution < -0.4 is 14.9 Å². The van der Waals surface area contributed by atoms with Crippen molar-refractivity contribution in [2.45, 2.75) is 19.9 Å². The van der Waals surface area contributed by atoms with Crippen LogP contribution in [0.1, 0.15) is 30.5 Å². The van der Waals surface area contributed by atoms with E-state index in [0.29, 0.717) is 37.7 Å². The van der Waals surface area contributed by atoms with E-state index in [-0.39, 0.29) is 17.9 Å². The van der Waals surface area contributed by atoms with Gasteiger partial charge in [-0.2, -0.15) is 0 Å². The summed E-state index contributed by atoms with van der Waals surface area (Å²) >= 11 is 2.62. The Hall–Kier alpha value is -4.09. The first-order valence-corrected chi connectivity index (χ1v) is 12.7. The van der Waals surface area contributed by atoms with Crippen LogP contribution in [-0.4, -0.2) is 22.1 Å². The third-order valence-corrected chi connectivity index (χ3v) is 7.50. The van der Waals surface area contributed by atoms with Crippen LogP contribution in [0, 0.1) is 10.1 Å². The number of hydrogen-bond donors (Lipinski definition) is 0. The summed E-state index contributed by atoms with van der Waals surface area (Å²) in [6.45, 7) is 3.66. The highest BCUT2D eigenvalue weighted by molar-refractivity contribution is 7.10. The van der Waals surface area contributed by atoms with Gasteiger partial charge in [0.25, 0.3) is 11.2 Å². The maximum atomic E-state index is 13.6. The zero-order chi connectivity index (χ0) is 25.4.